The normalized spacial score (nSPS) is 10.1. The maximum atomic E-state index is 10.4. The SMILES string of the molecule is C.C.CCOC(OCC)c1ccc(-c2nnc(C)s2)cc1.Cc1nnc(-c2ccc(C=O)cc2)s1. The van der Waals surface area contributed by atoms with Crippen LogP contribution in [-0.2, 0) is 9.47 Å². The van der Waals surface area contributed by atoms with Crippen molar-refractivity contribution in [2.75, 3.05) is 13.2 Å². The maximum Gasteiger partial charge on any atom is 0.183 e. The molecule has 0 unspecified atom stereocenters. The Morgan fingerprint density at radius 2 is 1.17 bits per heavy atom. The molecule has 7 nitrogen and oxygen atoms in total. The second kappa shape index (κ2) is 15.2. The van der Waals surface area contributed by atoms with E-state index >= 15 is 0 Å². The lowest BCUT2D eigenvalue weighted by Crippen LogP contribution is -2.08. The van der Waals surface area contributed by atoms with Gasteiger partial charge in [0.05, 0.1) is 0 Å². The molecule has 35 heavy (non-hydrogen) atoms. The van der Waals surface area contributed by atoms with Crippen LogP contribution in [0.5, 0.6) is 0 Å². The van der Waals surface area contributed by atoms with E-state index in [9.17, 15) is 4.79 Å². The minimum absolute atomic E-state index is 0. The number of carbonyl (C=O) groups is 1. The summed E-state index contributed by atoms with van der Waals surface area (Å²) in [5.41, 5.74) is 3.77. The van der Waals surface area contributed by atoms with Crippen molar-refractivity contribution >= 4 is 29.0 Å². The molecule has 0 amide bonds. The van der Waals surface area contributed by atoms with E-state index in [0.29, 0.717) is 18.8 Å². The second-order valence-electron chi connectivity index (χ2n) is 6.86. The summed E-state index contributed by atoms with van der Waals surface area (Å²) in [6, 6.07) is 15.4. The molecule has 0 fully saturated rings. The van der Waals surface area contributed by atoms with Gasteiger partial charge in [-0.1, -0.05) is 86.1 Å². The largest absolute Gasteiger partial charge is 0.349 e. The van der Waals surface area contributed by atoms with Gasteiger partial charge in [-0.25, -0.2) is 0 Å². The van der Waals surface area contributed by atoms with Crippen molar-refractivity contribution in [3.05, 3.63) is 69.7 Å². The molecule has 0 aliphatic heterocycles. The highest BCUT2D eigenvalue weighted by atomic mass is 32.1. The van der Waals surface area contributed by atoms with Crippen molar-refractivity contribution in [1.82, 2.24) is 20.4 Å². The van der Waals surface area contributed by atoms with Crippen molar-refractivity contribution < 1.29 is 14.3 Å². The summed E-state index contributed by atoms with van der Waals surface area (Å²) in [7, 11) is 0. The van der Waals surface area contributed by atoms with Crippen LogP contribution < -0.4 is 0 Å². The van der Waals surface area contributed by atoms with Crippen LogP contribution in [0.1, 0.15) is 60.9 Å². The van der Waals surface area contributed by atoms with Crippen molar-refractivity contribution in [2.45, 2.75) is 48.8 Å². The number of hydrogen-bond acceptors (Lipinski definition) is 9. The van der Waals surface area contributed by atoms with E-state index in [2.05, 4.69) is 20.4 Å². The average Bonchev–Trinajstić information content (AvgIpc) is 3.48. The Morgan fingerprint density at radius 3 is 1.51 bits per heavy atom. The Bertz CT molecular complexity index is 1140. The van der Waals surface area contributed by atoms with Crippen LogP contribution in [0.3, 0.4) is 0 Å². The number of benzene rings is 2. The van der Waals surface area contributed by atoms with Gasteiger partial charge in [-0.3, -0.25) is 4.79 Å². The fraction of sp³-hybridized carbons (Fsp3) is 0.346. The van der Waals surface area contributed by atoms with Crippen molar-refractivity contribution in [2.24, 2.45) is 0 Å². The van der Waals surface area contributed by atoms with Gasteiger partial charge in [0, 0.05) is 35.5 Å². The monoisotopic (exact) mass is 514 g/mol. The molecule has 0 atom stereocenters. The Kier molecular flexibility index (Phi) is 13.1. The van der Waals surface area contributed by atoms with E-state index < -0.39 is 0 Å². The highest BCUT2D eigenvalue weighted by Crippen LogP contribution is 2.26. The first-order valence-electron chi connectivity index (χ1n) is 10.5. The highest BCUT2D eigenvalue weighted by molar-refractivity contribution is 7.14. The van der Waals surface area contributed by atoms with E-state index in [1.54, 1.807) is 34.8 Å². The van der Waals surface area contributed by atoms with E-state index in [0.717, 1.165) is 43.0 Å². The fourth-order valence-electron chi connectivity index (χ4n) is 2.86. The third-order valence-electron chi connectivity index (χ3n) is 4.41. The second-order valence-corrected chi connectivity index (χ2v) is 9.22. The first-order valence-corrected chi connectivity index (χ1v) is 12.2. The van der Waals surface area contributed by atoms with E-state index in [1.807, 2.05) is 64.1 Å². The number of aryl methyl sites for hydroxylation is 2. The lowest BCUT2D eigenvalue weighted by atomic mass is 10.1. The number of carbonyl (C=O) groups excluding carboxylic acids is 1. The zero-order valence-electron chi connectivity index (χ0n) is 19.0. The summed E-state index contributed by atoms with van der Waals surface area (Å²) in [5, 5.41) is 19.9. The lowest BCUT2D eigenvalue weighted by Gasteiger charge is -2.17. The number of ether oxygens (including phenoxy) is 2. The minimum atomic E-state index is -0.291. The standard InChI is InChI=1S/C14H18N2O2S.C10H8N2OS.2CH4/c1-4-17-14(18-5-2)12-8-6-11(7-9-12)13-16-15-10(3)19-13;1-7-11-12-10(14-7)9-4-2-8(6-13)3-5-9;;/h6-9,14H,4-5H2,1-3H3;2-6H,1H3;2*1H4. The summed E-state index contributed by atoms with van der Waals surface area (Å²) in [6.45, 7) is 9.05. The van der Waals surface area contributed by atoms with Gasteiger partial charge < -0.3 is 9.47 Å². The van der Waals surface area contributed by atoms with Crippen molar-refractivity contribution in [1.29, 1.82) is 0 Å². The third kappa shape index (κ3) is 8.70. The van der Waals surface area contributed by atoms with E-state index in [4.69, 9.17) is 9.47 Å². The van der Waals surface area contributed by atoms with Gasteiger partial charge in [-0.15, -0.1) is 20.4 Å². The molecule has 9 heteroatoms. The van der Waals surface area contributed by atoms with Gasteiger partial charge >= 0.3 is 0 Å². The molecule has 4 aromatic rings. The van der Waals surface area contributed by atoms with Crippen LogP contribution in [0.15, 0.2) is 48.5 Å². The van der Waals surface area contributed by atoms with Gasteiger partial charge in [0.15, 0.2) is 6.29 Å². The Balaban J connectivity index is 0.000000344. The van der Waals surface area contributed by atoms with Crippen LogP contribution in [0.4, 0.5) is 0 Å². The molecule has 2 aromatic carbocycles. The highest BCUT2D eigenvalue weighted by Gasteiger charge is 2.12. The topological polar surface area (TPSA) is 87.1 Å². The maximum absolute atomic E-state index is 10.4. The van der Waals surface area contributed by atoms with Gasteiger partial charge in [0.25, 0.3) is 0 Å². The summed E-state index contributed by atoms with van der Waals surface area (Å²) in [6.07, 6.45) is 0.537. The molecule has 0 radical (unpaired) electrons. The molecule has 0 N–H and O–H groups in total. The summed E-state index contributed by atoms with van der Waals surface area (Å²) >= 11 is 3.13. The van der Waals surface area contributed by atoms with Crippen LogP contribution in [0.25, 0.3) is 21.1 Å². The molecule has 0 aliphatic carbocycles. The molecule has 2 heterocycles. The first-order chi connectivity index (χ1) is 16.0. The molecule has 0 saturated carbocycles. The van der Waals surface area contributed by atoms with Crippen LogP contribution in [0.2, 0.25) is 0 Å². The number of hydrogen-bond donors (Lipinski definition) is 0. The molecule has 2 aromatic heterocycles. The number of nitrogens with zero attached hydrogens (tertiary/aromatic N) is 4. The van der Waals surface area contributed by atoms with E-state index in [-0.39, 0.29) is 21.1 Å². The molecule has 4 rings (SSSR count). The Hall–Kier alpha value is -2.85. The van der Waals surface area contributed by atoms with Gasteiger partial charge in [0.1, 0.15) is 26.3 Å². The van der Waals surface area contributed by atoms with Crippen molar-refractivity contribution in [3.8, 4) is 21.1 Å². The zero-order valence-corrected chi connectivity index (χ0v) is 20.7. The molecular formula is C26H34N4O3S2. The van der Waals surface area contributed by atoms with Gasteiger partial charge in [-0.2, -0.15) is 0 Å². The summed E-state index contributed by atoms with van der Waals surface area (Å²) in [5.74, 6) is 0. The van der Waals surface area contributed by atoms with Gasteiger partial charge in [0.2, 0.25) is 0 Å². The molecule has 188 valence electrons. The third-order valence-corrected chi connectivity index (χ3v) is 6.19. The fourth-order valence-corrected chi connectivity index (χ4v) is 4.25. The predicted octanol–water partition coefficient (Wildman–Crippen LogP) is 7.18. The predicted molar refractivity (Wildman–Crippen MR) is 145 cm³/mol. The van der Waals surface area contributed by atoms with Crippen molar-refractivity contribution in [3.63, 3.8) is 0 Å². The average molecular weight is 515 g/mol. The molecular weight excluding hydrogens is 480 g/mol. The minimum Gasteiger partial charge on any atom is -0.349 e. The van der Waals surface area contributed by atoms with Gasteiger partial charge in [-0.05, 0) is 27.7 Å². The quantitative estimate of drug-likeness (QED) is 0.182. The summed E-state index contributed by atoms with van der Waals surface area (Å²) in [4.78, 5) is 10.4. The Labute approximate surface area is 216 Å². The molecule has 0 saturated heterocycles. The van der Waals surface area contributed by atoms with E-state index in [1.165, 1.54) is 0 Å². The van der Waals surface area contributed by atoms with Crippen LogP contribution >= 0.6 is 22.7 Å². The Morgan fingerprint density at radius 1 is 0.743 bits per heavy atom. The van der Waals surface area contributed by atoms with Crippen LogP contribution in [0, 0.1) is 13.8 Å². The lowest BCUT2D eigenvalue weighted by molar-refractivity contribution is -0.140. The first kappa shape index (κ1) is 30.2. The number of aromatic nitrogens is 4. The zero-order chi connectivity index (χ0) is 23.6. The summed E-state index contributed by atoms with van der Waals surface area (Å²) < 4.78 is 11.1. The smallest absolute Gasteiger partial charge is 0.183 e. The molecule has 0 bridgehead atoms. The number of aldehydes is 1. The molecule has 0 spiro atoms. The molecule has 0 aliphatic rings. The van der Waals surface area contributed by atoms with Crippen LogP contribution in [-0.4, -0.2) is 39.9 Å². The number of rotatable bonds is 8.